The number of nitrogens with zero attached hydrogens (tertiary/aromatic N) is 4. The highest BCUT2D eigenvalue weighted by atomic mass is 32.1. The molecule has 128 valence electrons. The molecule has 0 bridgehead atoms. The van der Waals surface area contributed by atoms with Crippen molar-refractivity contribution in [2.75, 3.05) is 6.54 Å². The first kappa shape index (κ1) is 15.6. The van der Waals surface area contributed by atoms with E-state index in [9.17, 15) is 0 Å². The van der Waals surface area contributed by atoms with Crippen LogP contribution in [0.2, 0.25) is 0 Å². The van der Waals surface area contributed by atoms with Gasteiger partial charge in [0.05, 0.1) is 5.69 Å². The lowest BCUT2D eigenvalue weighted by Crippen LogP contribution is -2.30. The molecule has 1 aliphatic heterocycles. The summed E-state index contributed by atoms with van der Waals surface area (Å²) in [5.41, 5.74) is 3.44. The van der Waals surface area contributed by atoms with Gasteiger partial charge in [-0.15, -0.1) is 11.3 Å². The molecule has 0 radical (unpaired) electrons. The second-order valence-corrected chi connectivity index (χ2v) is 7.78. The molecule has 4 heterocycles. The first-order valence-corrected chi connectivity index (χ1v) is 9.62. The van der Waals surface area contributed by atoms with E-state index in [0.717, 1.165) is 43.1 Å². The Hall–Kier alpha value is -2.63. The van der Waals surface area contributed by atoms with Crippen LogP contribution in [0.3, 0.4) is 0 Å². The van der Waals surface area contributed by atoms with E-state index in [2.05, 4.69) is 45.2 Å². The molecule has 5 heteroatoms. The van der Waals surface area contributed by atoms with E-state index in [4.69, 9.17) is 4.98 Å². The first-order chi connectivity index (χ1) is 12.8. The standard InChI is InChI=1S/C21H18N4S/c1-2-4-20-16(3-1)11-18(26-20)13-25-10-7-17-12-23-21(24-19(17)14-25)15-5-8-22-9-6-15/h1-6,8-9,11-12H,7,10,13-14H2. The fourth-order valence-corrected chi connectivity index (χ4v) is 4.57. The summed E-state index contributed by atoms with van der Waals surface area (Å²) in [5.74, 6) is 0.787. The third-order valence-electron chi connectivity index (χ3n) is 4.82. The Morgan fingerprint density at radius 1 is 1.08 bits per heavy atom. The maximum atomic E-state index is 4.84. The third-order valence-corrected chi connectivity index (χ3v) is 5.92. The van der Waals surface area contributed by atoms with Crippen LogP contribution in [-0.4, -0.2) is 26.4 Å². The van der Waals surface area contributed by atoms with Gasteiger partial charge in [0.15, 0.2) is 5.82 Å². The van der Waals surface area contributed by atoms with Crippen LogP contribution in [0.25, 0.3) is 21.5 Å². The molecule has 0 unspecified atom stereocenters. The zero-order valence-corrected chi connectivity index (χ0v) is 15.1. The second-order valence-electron chi connectivity index (χ2n) is 6.61. The molecule has 0 saturated heterocycles. The van der Waals surface area contributed by atoms with E-state index in [0.29, 0.717) is 0 Å². The zero-order chi connectivity index (χ0) is 17.3. The number of hydrogen-bond acceptors (Lipinski definition) is 5. The molecule has 3 aromatic heterocycles. The normalized spacial score (nSPS) is 14.5. The fraction of sp³-hybridized carbons (Fsp3) is 0.190. The molecule has 5 rings (SSSR count). The molecule has 0 N–H and O–H groups in total. The minimum atomic E-state index is 0.787. The summed E-state index contributed by atoms with van der Waals surface area (Å²) in [4.78, 5) is 17.4. The SMILES string of the molecule is c1ccc2sc(CN3CCc4cnc(-c5ccncc5)nc4C3)cc2c1. The van der Waals surface area contributed by atoms with Crippen LogP contribution in [0, 0.1) is 0 Å². The van der Waals surface area contributed by atoms with E-state index >= 15 is 0 Å². The molecule has 0 amide bonds. The Morgan fingerprint density at radius 2 is 1.96 bits per heavy atom. The largest absolute Gasteiger partial charge is 0.292 e. The van der Waals surface area contributed by atoms with E-state index in [1.54, 1.807) is 12.4 Å². The smallest absolute Gasteiger partial charge is 0.159 e. The number of rotatable bonds is 3. The van der Waals surface area contributed by atoms with Crippen molar-refractivity contribution in [3.8, 4) is 11.4 Å². The highest BCUT2D eigenvalue weighted by Crippen LogP contribution is 2.28. The van der Waals surface area contributed by atoms with Crippen molar-refractivity contribution in [3.63, 3.8) is 0 Å². The molecule has 0 atom stereocenters. The topological polar surface area (TPSA) is 41.9 Å². The lowest BCUT2D eigenvalue weighted by atomic mass is 10.1. The lowest BCUT2D eigenvalue weighted by Gasteiger charge is -2.27. The molecule has 0 spiro atoms. The van der Waals surface area contributed by atoms with Gasteiger partial charge in [0.2, 0.25) is 0 Å². The van der Waals surface area contributed by atoms with Crippen LogP contribution < -0.4 is 0 Å². The Bertz CT molecular complexity index is 1030. The van der Waals surface area contributed by atoms with Crippen LogP contribution in [0.15, 0.2) is 61.1 Å². The molecule has 0 aliphatic carbocycles. The predicted octanol–water partition coefficient (Wildman–Crippen LogP) is 4.31. The first-order valence-electron chi connectivity index (χ1n) is 8.80. The van der Waals surface area contributed by atoms with Crippen molar-refractivity contribution in [1.82, 2.24) is 19.9 Å². The van der Waals surface area contributed by atoms with Gasteiger partial charge in [-0.1, -0.05) is 18.2 Å². The Labute approximate surface area is 156 Å². The highest BCUT2D eigenvalue weighted by Gasteiger charge is 2.19. The molecular weight excluding hydrogens is 340 g/mol. The lowest BCUT2D eigenvalue weighted by molar-refractivity contribution is 0.243. The van der Waals surface area contributed by atoms with Crippen molar-refractivity contribution in [2.24, 2.45) is 0 Å². The van der Waals surface area contributed by atoms with E-state index in [-0.39, 0.29) is 0 Å². The molecule has 4 aromatic rings. The maximum Gasteiger partial charge on any atom is 0.159 e. The summed E-state index contributed by atoms with van der Waals surface area (Å²) < 4.78 is 1.36. The molecule has 0 fully saturated rings. The van der Waals surface area contributed by atoms with Crippen molar-refractivity contribution in [1.29, 1.82) is 0 Å². The fourth-order valence-electron chi connectivity index (χ4n) is 3.47. The van der Waals surface area contributed by atoms with Gasteiger partial charge in [-0.3, -0.25) is 9.88 Å². The average Bonchev–Trinajstić information content (AvgIpc) is 3.10. The Morgan fingerprint density at radius 3 is 2.85 bits per heavy atom. The third kappa shape index (κ3) is 3.00. The summed E-state index contributed by atoms with van der Waals surface area (Å²) in [5, 5.41) is 1.34. The van der Waals surface area contributed by atoms with Crippen LogP contribution in [0.5, 0.6) is 0 Å². The summed E-state index contributed by atoms with van der Waals surface area (Å²) in [7, 11) is 0. The predicted molar refractivity (Wildman–Crippen MR) is 105 cm³/mol. The quantitative estimate of drug-likeness (QED) is 0.547. The zero-order valence-electron chi connectivity index (χ0n) is 14.3. The summed E-state index contributed by atoms with van der Waals surface area (Å²) in [6, 6.07) is 14.8. The minimum Gasteiger partial charge on any atom is -0.292 e. The van der Waals surface area contributed by atoms with Gasteiger partial charge in [0, 0.05) is 53.4 Å². The number of fused-ring (bicyclic) bond motifs is 2. The van der Waals surface area contributed by atoms with Gasteiger partial charge in [-0.25, -0.2) is 9.97 Å². The Kier molecular flexibility index (Phi) is 3.96. The highest BCUT2D eigenvalue weighted by molar-refractivity contribution is 7.19. The van der Waals surface area contributed by atoms with Crippen LogP contribution in [0.1, 0.15) is 16.1 Å². The number of hydrogen-bond donors (Lipinski definition) is 0. The summed E-state index contributed by atoms with van der Waals surface area (Å²) >= 11 is 1.89. The molecule has 0 saturated carbocycles. The number of pyridine rings is 1. The average molecular weight is 358 g/mol. The van der Waals surface area contributed by atoms with Gasteiger partial charge in [-0.2, -0.15) is 0 Å². The Balaban J connectivity index is 1.38. The van der Waals surface area contributed by atoms with Gasteiger partial charge in [-0.05, 0) is 41.6 Å². The number of benzene rings is 1. The monoisotopic (exact) mass is 358 g/mol. The van der Waals surface area contributed by atoms with Gasteiger partial charge in [0.1, 0.15) is 0 Å². The minimum absolute atomic E-state index is 0.787. The number of aromatic nitrogens is 3. The second kappa shape index (κ2) is 6.59. The van der Waals surface area contributed by atoms with Crippen LogP contribution in [-0.2, 0) is 19.5 Å². The number of thiophene rings is 1. The van der Waals surface area contributed by atoms with Crippen molar-refractivity contribution in [2.45, 2.75) is 19.5 Å². The van der Waals surface area contributed by atoms with Gasteiger partial charge >= 0.3 is 0 Å². The van der Waals surface area contributed by atoms with Crippen LogP contribution in [0.4, 0.5) is 0 Å². The molecule has 1 aromatic carbocycles. The van der Waals surface area contributed by atoms with Crippen molar-refractivity contribution in [3.05, 3.63) is 77.2 Å². The summed E-state index contributed by atoms with van der Waals surface area (Å²) in [6.45, 7) is 2.91. The van der Waals surface area contributed by atoms with E-state index in [1.165, 1.54) is 20.5 Å². The van der Waals surface area contributed by atoms with Gasteiger partial charge < -0.3 is 0 Å². The van der Waals surface area contributed by atoms with E-state index in [1.807, 2.05) is 29.7 Å². The van der Waals surface area contributed by atoms with Gasteiger partial charge in [0.25, 0.3) is 0 Å². The molecule has 4 nitrogen and oxygen atoms in total. The van der Waals surface area contributed by atoms with E-state index < -0.39 is 0 Å². The van der Waals surface area contributed by atoms with Crippen LogP contribution >= 0.6 is 11.3 Å². The van der Waals surface area contributed by atoms with Crippen molar-refractivity contribution >= 4 is 21.4 Å². The molecule has 26 heavy (non-hydrogen) atoms. The van der Waals surface area contributed by atoms with Crippen molar-refractivity contribution < 1.29 is 0 Å². The summed E-state index contributed by atoms with van der Waals surface area (Å²) in [6.07, 6.45) is 6.57. The maximum absolute atomic E-state index is 4.84. The molecular formula is C21H18N4S. The molecule has 1 aliphatic rings.